The summed E-state index contributed by atoms with van der Waals surface area (Å²) >= 11 is 0. The first-order valence-electron chi connectivity index (χ1n) is 6.28. The molecule has 0 amide bonds. The van der Waals surface area contributed by atoms with E-state index >= 15 is 0 Å². The molecule has 0 aliphatic heterocycles. The fourth-order valence-corrected chi connectivity index (χ4v) is 1.64. The third-order valence-electron chi connectivity index (χ3n) is 2.49. The third-order valence-corrected chi connectivity index (χ3v) is 2.49. The van der Waals surface area contributed by atoms with Crippen molar-refractivity contribution in [1.82, 2.24) is 5.32 Å². The Hall–Kier alpha value is -1.06. The Balaban J connectivity index is 2.19. The van der Waals surface area contributed by atoms with Crippen LogP contribution >= 0.6 is 0 Å². The number of unbranched alkanes of at least 4 members (excludes halogenated alkanes) is 1. The lowest BCUT2D eigenvalue weighted by atomic mass is 10.2. The molecule has 1 rings (SSSR count). The Bertz CT molecular complexity index is 302. The Morgan fingerprint density at radius 1 is 1.24 bits per heavy atom. The lowest BCUT2D eigenvalue weighted by Crippen LogP contribution is -2.15. The van der Waals surface area contributed by atoms with Gasteiger partial charge in [-0.05, 0) is 44.0 Å². The highest BCUT2D eigenvalue weighted by molar-refractivity contribution is 5.28. The molecule has 1 aromatic carbocycles. The van der Waals surface area contributed by atoms with Gasteiger partial charge in [-0.2, -0.15) is 0 Å². The predicted molar refractivity (Wildman–Crippen MR) is 70.4 cm³/mol. The molecular weight excluding hydrogens is 214 g/mol. The van der Waals surface area contributed by atoms with E-state index < -0.39 is 0 Å². The van der Waals surface area contributed by atoms with Gasteiger partial charge in [0, 0.05) is 20.3 Å². The van der Waals surface area contributed by atoms with Crippen molar-refractivity contribution in [3.05, 3.63) is 29.8 Å². The van der Waals surface area contributed by atoms with Crippen LogP contribution in [0.3, 0.4) is 0 Å². The van der Waals surface area contributed by atoms with E-state index in [9.17, 15) is 0 Å². The zero-order valence-corrected chi connectivity index (χ0v) is 10.9. The molecule has 0 aliphatic carbocycles. The number of benzene rings is 1. The van der Waals surface area contributed by atoms with E-state index in [1.807, 2.05) is 19.1 Å². The summed E-state index contributed by atoms with van der Waals surface area (Å²) in [7, 11) is 1.74. The summed E-state index contributed by atoms with van der Waals surface area (Å²) in [5.74, 6) is 0.950. The molecule has 3 heteroatoms. The normalized spacial score (nSPS) is 10.5. The van der Waals surface area contributed by atoms with Gasteiger partial charge in [0.1, 0.15) is 5.75 Å². The maximum atomic E-state index is 5.46. The highest BCUT2D eigenvalue weighted by atomic mass is 16.5. The van der Waals surface area contributed by atoms with Crippen LogP contribution in [0.25, 0.3) is 0 Å². The van der Waals surface area contributed by atoms with Crippen molar-refractivity contribution >= 4 is 0 Å². The average Bonchev–Trinajstić information content (AvgIpc) is 2.35. The van der Waals surface area contributed by atoms with Gasteiger partial charge in [-0.15, -0.1) is 0 Å². The zero-order chi connectivity index (χ0) is 12.3. The van der Waals surface area contributed by atoms with E-state index in [-0.39, 0.29) is 0 Å². The SMILES string of the molecule is CCOc1cccc(CNCCCCOC)c1. The van der Waals surface area contributed by atoms with Crippen LogP contribution in [-0.4, -0.2) is 26.9 Å². The molecule has 1 N–H and O–H groups in total. The Morgan fingerprint density at radius 3 is 2.88 bits per heavy atom. The second kappa shape index (κ2) is 9.02. The molecule has 0 saturated heterocycles. The Labute approximate surface area is 104 Å². The van der Waals surface area contributed by atoms with Gasteiger partial charge in [-0.3, -0.25) is 0 Å². The van der Waals surface area contributed by atoms with Gasteiger partial charge in [0.05, 0.1) is 6.61 Å². The van der Waals surface area contributed by atoms with Crippen LogP contribution in [0.4, 0.5) is 0 Å². The first kappa shape index (κ1) is 14.0. The first-order valence-corrected chi connectivity index (χ1v) is 6.28. The fraction of sp³-hybridized carbons (Fsp3) is 0.571. The molecule has 3 nitrogen and oxygen atoms in total. The molecule has 0 unspecified atom stereocenters. The molecular formula is C14H23NO2. The molecule has 17 heavy (non-hydrogen) atoms. The van der Waals surface area contributed by atoms with E-state index in [0.717, 1.165) is 38.3 Å². The number of methoxy groups -OCH3 is 1. The summed E-state index contributed by atoms with van der Waals surface area (Å²) in [6.45, 7) is 5.49. The predicted octanol–water partition coefficient (Wildman–Crippen LogP) is 2.60. The van der Waals surface area contributed by atoms with Crippen LogP contribution in [0.5, 0.6) is 5.75 Å². The lowest BCUT2D eigenvalue weighted by molar-refractivity contribution is 0.192. The number of hydrogen-bond donors (Lipinski definition) is 1. The van der Waals surface area contributed by atoms with Gasteiger partial charge < -0.3 is 14.8 Å². The third kappa shape index (κ3) is 6.29. The smallest absolute Gasteiger partial charge is 0.119 e. The molecule has 0 radical (unpaired) electrons. The van der Waals surface area contributed by atoms with Crippen molar-refractivity contribution in [1.29, 1.82) is 0 Å². The molecule has 1 aromatic rings. The summed E-state index contributed by atoms with van der Waals surface area (Å²) in [5.41, 5.74) is 1.27. The molecule has 0 fully saturated rings. The van der Waals surface area contributed by atoms with E-state index in [2.05, 4.69) is 17.4 Å². The van der Waals surface area contributed by atoms with E-state index in [1.54, 1.807) is 7.11 Å². The number of rotatable bonds is 9. The number of ether oxygens (including phenoxy) is 2. The van der Waals surface area contributed by atoms with Gasteiger partial charge >= 0.3 is 0 Å². The quantitative estimate of drug-likeness (QED) is 0.670. The zero-order valence-electron chi connectivity index (χ0n) is 10.9. The van der Waals surface area contributed by atoms with Crippen molar-refractivity contribution in [3.8, 4) is 5.75 Å². The topological polar surface area (TPSA) is 30.5 Å². The highest BCUT2D eigenvalue weighted by Gasteiger charge is 1.96. The van der Waals surface area contributed by atoms with Gasteiger partial charge in [-0.1, -0.05) is 12.1 Å². The Morgan fingerprint density at radius 2 is 2.12 bits per heavy atom. The second-order valence-electron chi connectivity index (χ2n) is 3.96. The molecule has 0 heterocycles. The fourth-order valence-electron chi connectivity index (χ4n) is 1.64. The summed E-state index contributed by atoms with van der Waals surface area (Å²) < 4.78 is 10.5. The summed E-state index contributed by atoms with van der Waals surface area (Å²) in [6.07, 6.45) is 2.27. The minimum absolute atomic E-state index is 0.716. The lowest BCUT2D eigenvalue weighted by Gasteiger charge is -2.07. The molecule has 0 aliphatic rings. The van der Waals surface area contributed by atoms with E-state index in [4.69, 9.17) is 9.47 Å². The highest BCUT2D eigenvalue weighted by Crippen LogP contribution is 2.12. The molecule has 0 saturated carbocycles. The van der Waals surface area contributed by atoms with Crippen LogP contribution in [0, 0.1) is 0 Å². The minimum Gasteiger partial charge on any atom is -0.494 e. The second-order valence-corrected chi connectivity index (χ2v) is 3.96. The molecule has 0 aromatic heterocycles. The van der Waals surface area contributed by atoms with Crippen molar-refractivity contribution in [2.45, 2.75) is 26.3 Å². The van der Waals surface area contributed by atoms with Crippen LogP contribution in [-0.2, 0) is 11.3 Å². The molecule has 0 bridgehead atoms. The summed E-state index contributed by atoms with van der Waals surface area (Å²) in [4.78, 5) is 0. The maximum absolute atomic E-state index is 5.46. The van der Waals surface area contributed by atoms with Crippen molar-refractivity contribution in [2.75, 3.05) is 26.9 Å². The van der Waals surface area contributed by atoms with Crippen molar-refractivity contribution < 1.29 is 9.47 Å². The van der Waals surface area contributed by atoms with Gasteiger partial charge in [0.25, 0.3) is 0 Å². The minimum atomic E-state index is 0.716. The van der Waals surface area contributed by atoms with Crippen LogP contribution in [0.15, 0.2) is 24.3 Å². The number of nitrogens with one attached hydrogen (secondary N) is 1. The summed E-state index contributed by atoms with van der Waals surface area (Å²) in [5, 5.41) is 3.42. The van der Waals surface area contributed by atoms with Crippen LogP contribution < -0.4 is 10.1 Å². The van der Waals surface area contributed by atoms with Crippen molar-refractivity contribution in [3.63, 3.8) is 0 Å². The maximum Gasteiger partial charge on any atom is 0.119 e. The Kier molecular flexibility index (Phi) is 7.43. The van der Waals surface area contributed by atoms with Crippen LogP contribution in [0.1, 0.15) is 25.3 Å². The number of hydrogen-bond acceptors (Lipinski definition) is 3. The largest absolute Gasteiger partial charge is 0.494 e. The van der Waals surface area contributed by atoms with E-state index in [1.165, 1.54) is 5.56 Å². The van der Waals surface area contributed by atoms with Crippen LogP contribution in [0.2, 0.25) is 0 Å². The average molecular weight is 237 g/mol. The standard InChI is InChI=1S/C14H23NO2/c1-3-17-14-8-6-7-13(11-14)12-15-9-4-5-10-16-2/h6-8,11,15H,3-5,9-10,12H2,1-2H3. The molecule has 0 spiro atoms. The van der Waals surface area contributed by atoms with Gasteiger partial charge in [-0.25, -0.2) is 0 Å². The first-order chi connectivity index (χ1) is 8.36. The summed E-state index contributed by atoms with van der Waals surface area (Å²) in [6, 6.07) is 8.23. The van der Waals surface area contributed by atoms with E-state index in [0.29, 0.717) is 6.61 Å². The van der Waals surface area contributed by atoms with Gasteiger partial charge in [0.15, 0.2) is 0 Å². The monoisotopic (exact) mass is 237 g/mol. The van der Waals surface area contributed by atoms with Crippen molar-refractivity contribution in [2.24, 2.45) is 0 Å². The van der Waals surface area contributed by atoms with Gasteiger partial charge in [0.2, 0.25) is 0 Å². The molecule has 0 atom stereocenters. The molecule has 96 valence electrons.